The predicted octanol–water partition coefficient (Wildman–Crippen LogP) is 5.15. The first-order valence-electron chi connectivity index (χ1n) is 11.7. The molecule has 0 heterocycles. The molecule has 0 aliphatic heterocycles. The number of unbranched alkanes of at least 4 members (excludes halogenated alkanes) is 5. The normalized spacial score (nSPS) is 12.2. The van der Waals surface area contributed by atoms with Gasteiger partial charge >= 0.3 is 12.1 Å². The zero-order valence-corrected chi connectivity index (χ0v) is 19.6. The lowest BCUT2D eigenvalue weighted by molar-refractivity contribution is -0.144. The van der Waals surface area contributed by atoms with Crippen LogP contribution in [-0.4, -0.2) is 56.4 Å². The van der Waals surface area contributed by atoms with E-state index < -0.39 is 0 Å². The van der Waals surface area contributed by atoms with Crippen molar-refractivity contribution >= 4 is 12.1 Å². The Balaban J connectivity index is 4.26. The van der Waals surface area contributed by atoms with Crippen molar-refractivity contribution in [2.75, 3.05) is 33.3 Å². The molecule has 1 unspecified atom stereocenters. The summed E-state index contributed by atoms with van der Waals surface area (Å²) >= 11 is 0. The molecular formula is C23H46N2O4. The van der Waals surface area contributed by atoms with Crippen LogP contribution in [0.5, 0.6) is 0 Å². The number of likely N-dealkylation sites (N-methyl/N-ethyl adjacent to an activating group) is 1. The van der Waals surface area contributed by atoms with Gasteiger partial charge in [-0.15, -0.1) is 0 Å². The van der Waals surface area contributed by atoms with E-state index in [1.807, 2.05) is 20.9 Å². The molecule has 0 rings (SSSR count). The second-order valence-corrected chi connectivity index (χ2v) is 8.38. The maximum Gasteiger partial charge on any atom is 0.407 e. The van der Waals surface area contributed by atoms with E-state index >= 15 is 0 Å². The third-order valence-electron chi connectivity index (χ3n) is 4.94. The second kappa shape index (κ2) is 18.7. The molecule has 0 saturated heterocycles. The zero-order valence-electron chi connectivity index (χ0n) is 19.6. The van der Waals surface area contributed by atoms with Gasteiger partial charge in [0.2, 0.25) is 0 Å². The van der Waals surface area contributed by atoms with Gasteiger partial charge in [0.05, 0.1) is 6.61 Å². The molecule has 172 valence electrons. The molecule has 1 amide bonds. The van der Waals surface area contributed by atoms with Crippen molar-refractivity contribution in [2.24, 2.45) is 5.92 Å². The van der Waals surface area contributed by atoms with E-state index in [9.17, 15) is 9.59 Å². The van der Waals surface area contributed by atoms with E-state index in [-0.39, 0.29) is 18.2 Å². The minimum absolute atomic E-state index is 0.136. The number of ether oxygens (including phenoxy) is 2. The molecule has 0 aromatic carbocycles. The average molecular weight is 415 g/mol. The number of rotatable bonds is 18. The fourth-order valence-corrected chi connectivity index (χ4v) is 2.92. The van der Waals surface area contributed by atoms with Gasteiger partial charge in [-0.25, -0.2) is 4.79 Å². The van der Waals surface area contributed by atoms with Crippen LogP contribution in [0.4, 0.5) is 4.79 Å². The highest BCUT2D eigenvalue weighted by molar-refractivity contribution is 5.69. The minimum atomic E-state index is -0.354. The van der Waals surface area contributed by atoms with E-state index in [1.54, 1.807) is 0 Å². The molecule has 0 aromatic heterocycles. The predicted molar refractivity (Wildman–Crippen MR) is 119 cm³/mol. The van der Waals surface area contributed by atoms with E-state index in [4.69, 9.17) is 9.47 Å². The lowest BCUT2D eigenvalue weighted by Crippen LogP contribution is -2.35. The molecule has 1 N–H and O–H groups in total. The fourth-order valence-electron chi connectivity index (χ4n) is 2.92. The maximum absolute atomic E-state index is 12.1. The number of carbonyl (C=O) groups is 2. The van der Waals surface area contributed by atoms with Crippen LogP contribution in [0.15, 0.2) is 0 Å². The molecular weight excluding hydrogens is 368 g/mol. The second-order valence-electron chi connectivity index (χ2n) is 8.38. The van der Waals surface area contributed by atoms with Crippen LogP contribution in [0, 0.1) is 5.92 Å². The Labute approximate surface area is 179 Å². The van der Waals surface area contributed by atoms with Crippen molar-refractivity contribution in [3.05, 3.63) is 0 Å². The third-order valence-corrected chi connectivity index (χ3v) is 4.94. The summed E-state index contributed by atoms with van der Waals surface area (Å²) in [5.74, 6) is 0.183. The largest absolute Gasteiger partial charge is 0.465 e. The van der Waals surface area contributed by atoms with Gasteiger partial charge in [0, 0.05) is 19.5 Å². The molecule has 0 spiro atoms. The molecule has 0 aromatic rings. The van der Waals surface area contributed by atoms with Crippen LogP contribution in [0.25, 0.3) is 0 Å². The Morgan fingerprint density at radius 1 is 0.966 bits per heavy atom. The molecule has 0 aliphatic carbocycles. The first kappa shape index (κ1) is 27.7. The molecule has 0 saturated carbocycles. The van der Waals surface area contributed by atoms with Gasteiger partial charge in [-0.2, -0.15) is 0 Å². The molecule has 0 radical (unpaired) electrons. The molecule has 0 aliphatic rings. The van der Waals surface area contributed by atoms with Crippen molar-refractivity contribution in [1.29, 1.82) is 0 Å². The first-order valence-corrected chi connectivity index (χ1v) is 11.7. The van der Waals surface area contributed by atoms with Gasteiger partial charge in [0.1, 0.15) is 6.10 Å². The number of carbonyl (C=O) groups excluding carboxylic acids is 2. The Morgan fingerprint density at radius 2 is 1.62 bits per heavy atom. The highest BCUT2D eigenvalue weighted by Crippen LogP contribution is 2.16. The Bertz CT molecular complexity index is 416. The molecule has 6 heteroatoms. The lowest BCUT2D eigenvalue weighted by atomic mass is 10.0. The van der Waals surface area contributed by atoms with E-state index in [1.165, 1.54) is 32.1 Å². The number of hydrogen-bond acceptors (Lipinski definition) is 5. The van der Waals surface area contributed by atoms with Crippen molar-refractivity contribution in [3.8, 4) is 0 Å². The SMILES string of the molecule is CCCCCCCCC(CCCC(=O)OCC(C)C)OC(=O)NCCN(C)CC. The Hall–Kier alpha value is -1.30. The van der Waals surface area contributed by atoms with E-state index in [0.717, 1.165) is 25.9 Å². The number of nitrogens with one attached hydrogen (secondary N) is 1. The summed E-state index contributed by atoms with van der Waals surface area (Å²) in [5, 5.41) is 2.83. The summed E-state index contributed by atoms with van der Waals surface area (Å²) in [6, 6.07) is 0. The summed E-state index contributed by atoms with van der Waals surface area (Å²) in [6.45, 7) is 11.1. The minimum Gasteiger partial charge on any atom is -0.465 e. The summed E-state index contributed by atoms with van der Waals surface area (Å²) in [6.07, 6.45) is 9.39. The average Bonchev–Trinajstić information content (AvgIpc) is 2.68. The van der Waals surface area contributed by atoms with E-state index in [0.29, 0.717) is 38.3 Å². The smallest absolute Gasteiger partial charge is 0.407 e. The number of nitrogens with zero attached hydrogens (tertiary/aromatic N) is 1. The number of esters is 1. The van der Waals surface area contributed by atoms with Gasteiger partial charge in [-0.1, -0.05) is 59.8 Å². The van der Waals surface area contributed by atoms with Crippen LogP contribution in [0.2, 0.25) is 0 Å². The summed E-state index contributed by atoms with van der Waals surface area (Å²) in [5.41, 5.74) is 0. The first-order chi connectivity index (χ1) is 13.9. The molecule has 29 heavy (non-hydrogen) atoms. The number of amides is 1. The van der Waals surface area contributed by atoms with Crippen molar-refractivity contribution in [3.63, 3.8) is 0 Å². The van der Waals surface area contributed by atoms with Crippen LogP contribution in [-0.2, 0) is 14.3 Å². The van der Waals surface area contributed by atoms with Crippen molar-refractivity contribution in [2.45, 2.75) is 98.0 Å². The highest BCUT2D eigenvalue weighted by atomic mass is 16.6. The number of hydrogen-bond donors (Lipinski definition) is 1. The topological polar surface area (TPSA) is 67.9 Å². The fraction of sp³-hybridized carbons (Fsp3) is 0.913. The van der Waals surface area contributed by atoms with Crippen LogP contribution < -0.4 is 5.32 Å². The Morgan fingerprint density at radius 3 is 2.28 bits per heavy atom. The number of alkyl carbamates (subject to hydrolysis) is 1. The van der Waals surface area contributed by atoms with Gasteiger partial charge in [-0.3, -0.25) is 4.79 Å². The lowest BCUT2D eigenvalue weighted by Gasteiger charge is -2.19. The quantitative estimate of drug-likeness (QED) is 0.248. The van der Waals surface area contributed by atoms with Crippen molar-refractivity contribution in [1.82, 2.24) is 10.2 Å². The van der Waals surface area contributed by atoms with Crippen LogP contribution >= 0.6 is 0 Å². The molecule has 0 bridgehead atoms. The monoisotopic (exact) mass is 414 g/mol. The Kier molecular flexibility index (Phi) is 17.9. The maximum atomic E-state index is 12.1. The molecule has 1 atom stereocenters. The van der Waals surface area contributed by atoms with Crippen LogP contribution in [0.3, 0.4) is 0 Å². The standard InChI is InChI=1S/C23H46N2O4/c1-6-8-9-10-11-12-14-21(15-13-16-22(26)28-19-20(3)4)29-23(27)24-17-18-25(5)7-2/h20-21H,6-19H2,1-5H3,(H,24,27). The molecule has 6 nitrogen and oxygen atoms in total. The third kappa shape index (κ3) is 18.5. The zero-order chi connectivity index (χ0) is 21.9. The summed E-state index contributed by atoms with van der Waals surface area (Å²) in [4.78, 5) is 26.1. The highest BCUT2D eigenvalue weighted by Gasteiger charge is 2.15. The van der Waals surface area contributed by atoms with Gasteiger partial charge in [0.15, 0.2) is 0 Å². The van der Waals surface area contributed by atoms with Gasteiger partial charge in [-0.05, 0) is 45.2 Å². The molecule has 0 fully saturated rings. The van der Waals surface area contributed by atoms with Gasteiger partial charge < -0.3 is 19.7 Å². The van der Waals surface area contributed by atoms with Crippen LogP contribution in [0.1, 0.15) is 91.9 Å². The van der Waals surface area contributed by atoms with Crippen molar-refractivity contribution < 1.29 is 19.1 Å². The summed E-state index contributed by atoms with van der Waals surface area (Å²) in [7, 11) is 2.02. The summed E-state index contributed by atoms with van der Waals surface area (Å²) < 4.78 is 10.9. The van der Waals surface area contributed by atoms with Gasteiger partial charge in [0.25, 0.3) is 0 Å². The van der Waals surface area contributed by atoms with E-state index in [2.05, 4.69) is 24.1 Å².